The van der Waals surface area contributed by atoms with E-state index in [1.807, 2.05) is 25.1 Å². The summed E-state index contributed by atoms with van der Waals surface area (Å²) in [5, 5.41) is 8.90. The number of ether oxygens (including phenoxy) is 2. The van der Waals surface area contributed by atoms with Crippen LogP contribution in [0.4, 0.5) is 10.1 Å². The van der Waals surface area contributed by atoms with Crippen LogP contribution in [0.5, 0.6) is 11.5 Å². The van der Waals surface area contributed by atoms with Crippen molar-refractivity contribution in [1.82, 2.24) is 14.7 Å². The molecule has 3 aromatic carbocycles. The summed E-state index contributed by atoms with van der Waals surface area (Å²) in [5.41, 5.74) is 3.96. The van der Waals surface area contributed by atoms with Gasteiger partial charge in [0.2, 0.25) is 0 Å². The molecule has 39 heavy (non-hydrogen) atoms. The van der Waals surface area contributed by atoms with Crippen molar-refractivity contribution in [2.24, 2.45) is 5.92 Å². The molecule has 7 nitrogen and oxygen atoms in total. The maximum absolute atomic E-state index is 13.2. The number of rotatable bonds is 9. The summed E-state index contributed by atoms with van der Waals surface area (Å²) in [5.74, 6) is 1.12. The number of halogens is 1. The van der Waals surface area contributed by atoms with Crippen LogP contribution in [0.3, 0.4) is 0 Å². The van der Waals surface area contributed by atoms with Gasteiger partial charge in [0.25, 0.3) is 5.91 Å². The number of likely N-dealkylation sites (tertiary alicyclic amines) is 1. The maximum Gasteiger partial charge on any atom is 0.259 e. The minimum absolute atomic E-state index is 0.273. The number of methoxy groups -OCH3 is 1. The van der Waals surface area contributed by atoms with Crippen molar-refractivity contribution in [3.05, 3.63) is 83.3 Å². The molecule has 1 fully saturated rings. The van der Waals surface area contributed by atoms with E-state index >= 15 is 0 Å². The molecule has 0 radical (unpaired) electrons. The second-order valence-electron chi connectivity index (χ2n) is 10.3. The number of aromatic nitrogens is 2. The molecule has 0 atom stereocenters. The van der Waals surface area contributed by atoms with Crippen LogP contribution in [-0.2, 0) is 13.2 Å². The number of piperidine rings is 1. The van der Waals surface area contributed by atoms with Gasteiger partial charge in [0.05, 0.1) is 23.9 Å². The molecule has 0 aliphatic carbocycles. The summed E-state index contributed by atoms with van der Waals surface area (Å²) < 4.78 is 26.5. The van der Waals surface area contributed by atoms with Crippen LogP contribution in [-0.4, -0.2) is 47.8 Å². The van der Waals surface area contributed by atoms with Gasteiger partial charge < -0.3 is 19.7 Å². The minimum Gasteiger partial charge on any atom is -0.496 e. The van der Waals surface area contributed by atoms with Crippen LogP contribution in [0, 0.1) is 18.7 Å². The van der Waals surface area contributed by atoms with Crippen LogP contribution < -0.4 is 14.8 Å². The molecule has 0 bridgehead atoms. The van der Waals surface area contributed by atoms with Gasteiger partial charge in [-0.1, -0.05) is 12.1 Å². The van der Waals surface area contributed by atoms with Crippen molar-refractivity contribution in [3.63, 3.8) is 0 Å². The average molecular weight is 531 g/mol. The fourth-order valence-corrected chi connectivity index (χ4v) is 5.14. The first-order chi connectivity index (χ1) is 18.9. The van der Waals surface area contributed by atoms with E-state index in [9.17, 15) is 9.18 Å². The second-order valence-corrected chi connectivity index (χ2v) is 10.3. The monoisotopic (exact) mass is 530 g/mol. The Labute approximate surface area is 228 Å². The Balaban J connectivity index is 1.27. The third kappa shape index (κ3) is 6.40. The zero-order chi connectivity index (χ0) is 27.4. The third-order valence-corrected chi connectivity index (χ3v) is 7.52. The number of benzene rings is 3. The number of carbonyl (C=O) groups is 1. The SMILES string of the molecule is COc1cc(OCc2ccc(F)cc2)ccc1C(=O)Nc1ccc2c(C)nn(CCC3CCN(C)CC3)c2c1. The molecule has 1 amide bonds. The van der Waals surface area contributed by atoms with Gasteiger partial charge in [-0.25, -0.2) is 4.39 Å². The predicted molar refractivity (Wildman–Crippen MR) is 151 cm³/mol. The zero-order valence-electron chi connectivity index (χ0n) is 22.7. The van der Waals surface area contributed by atoms with E-state index in [2.05, 4.69) is 21.9 Å². The Hall–Kier alpha value is -3.91. The number of carbonyl (C=O) groups excluding carboxylic acids is 1. The number of aryl methyl sites for hydroxylation is 2. The summed E-state index contributed by atoms with van der Waals surface area (Å²) >= 11 is 0. The highest BCUT2D eigenvalue weighted by Gasteiger charge is 2.18. The Bertz CT molecular complexity index is 1440. The molecule has 4 aromatic rings. The molecule has 1 saturated heterocycles. The second kappa shape index (κ2) is 11.9. The van der Waals surface area contributed by atoms with Crippen molar-refractivity contribution in [1.29, 1.82) is 0 Å². The normalized spacial score (nSPS) is 14.5. The van der Waals surface area contributed by atoms with Gasteiger partial charge in [-0.05, 0) is 100 Å². The van der Waals surface area contributed by atoms with Gasteiger partial charge in [0.15, 0.2) is 0 Å². The molecular weight excluding hydrogens is 495 g/mol. The molecule has 2 heterocycles. The van der Waals surface area contributed by atoms with Gasteiger partial charge in [0, 0.05) is 23.7 Å². The highest BCUT2D eigenvalue weighted by Crippen LogP contribution is 2.28. The fraction of sp³-hybridized carbons (Fsp3) is 0.355. The lowest BCUT2D eigenvalue weighted by Gasteiger charge is -2.28. The van der Waals surface area contributed by atoms with Gasteiger partial charge in [-0.2, -0.15) is 5.10 Å². The number of nitrogens with zero attached hydrogens (tertiary/aromatic N) is 3. The van der Waals surface area contributed by atoms with E-state index in [1.54, 1.807) is 30.3 Å². The fourth-order valence-electron chi connectivity index (χ4n) is 5.14. The molecule has 8 heteroatoms. The van der Waals surface area contributed by atoms with E-state index in [4.69, 9.17) is 14.6 Å². The molecular formula is C31H35FN4O3. The predicted octanol–water partition coefficient (Wildman–Crippen LogP) is 6.06. The molecule has 0 saturated carbocycles. The molecule has 0 spiro atoms. The molecule has 1 aliphatic rings. The number of hydrogen-bond acceptors (Lipinski definition) is 5. The van der Waals surface area contributed by atoms with Crippen LogP contribution in [0.25, 0.3) is 10.9 Å². The summed E-state index contributed by atoms with van der Waals surface area (Å²) in [4.78, 5) is 15.6. The smallest absolute Gasteiger partial charge is 0.259 e. The summed E-state index contributed by atoms with van der Waals surface area (Å²) in [6, 6.07) is 17.2. The van der Waals surface area contributed by atoms with Crippen molar-refractivity contribution in [2.45, 2.75) is 39.3 Å². The van der Waals surface area contributed by atoms with Crippen molar-refractivity contribution in [3.8, 4) is 11.5 Å². The first kappa shape index (κ1) is 26.7. The molecule has 204 valence electrons. The Morgan fingerprint density at radius 3 is 2.59 bits per heavy atom. The number of fused-ring (bicyclic) bond motifs is 1. The Kier molecular flexibility index (Phi) is 8.12. The third-order valence-electron chi connectivity index (χ3n) is 7.52. The van der Waals surface area contributed by atoms with Gasteiger partial charge in [0.1, 0.15) is 23.9 Å². The van der Waals surface area contributed by atoms with E-state index in [-0.39, 0.29) is 18.3 Å². The molecule has 5 rings (SSSR count). The standard InChI is InChI=1S/C31H35FN4O3/c1-21-27-10-8-25(18-29(27)36(34-21)17-14-22-12-15-35(2)16-13-22)33-31(37)28-11-9-26(19-30(28)38-3)39-20-23-4-6-24(32)7-5-23/h4-11,18-19,22H,12-17,20H2,1-3H3,(H,33,37). The lowest BCUT2D eigenvalue weighted by atomic mass is 9.94. The van der Waals surface area contributed by atoms with Crippen molar-refractivity contribution < 1.29 is 18.7 Å². The summed E-state index contributed by atoms with van der Waals surface area (Å²) in [6.45, 7) is 5.48. The lowest BCUT2D eigenvalue weighted by Crippen LogP contribution is -2.30. The number of anilines is 1. The van der Waals surface area contributed by atoms with Gasteiger partial charge in [-0.15, -0.1) is 0 Å². The summed E-state index contributed by atoms with van der Waals surface area (Å²) in [7, 11) is 3.71. The topological polar surface area (TPSA) is 68.6 Å². The van der Waals surface area contributed by atoms with Crippen LogP contribution >= 0.6 is 0 Å². The highest BCUT2D eigenvalue weighted by molar-refractivity contribution is 6.07. The van der Waals surface area contributed by atoms with E-state index in [0.717, 1.165) is 54.1 Å². The van der Waals surface area contributed by atoms with Crippen LogP contribution in [0.2, 0.25) is 0 Å². The number of nitrogens with one attached hydrogen (secondary N) is 1. The van der Waals surface area contributed by atoms with E-state index < -0.39 is 0 Å². The molecule has 1 N–H and O–H groups in total. The largest absolute Gasteiger partial charge is 0.496 e. The minimum atomic E-state index is -0.290. The van der Waals surface area contributed by atoms with Crippen LogP contribution in [0.1, 0.15) is 40.9 Å². The number of amides is 1. The lowest BCUT2D eigenvalue weighted by molar-refractivity contribution is 0.102. The average Bonchev–Trinajstić information content (AvgIpc) is 3.26. The highest BCUT2D eigenvalue weighted by atomic mass is 19.1. The maximum atomic E-state index is 13.2. The van der Waals surface area contributed by atoms with Gasteiger partial charge >= 0.3 is 0 Å². The van der Waals surface area contributed by atoms with E-state index in [1.165, 1.54) is 32.1 Å². The molecule has 0 unspecified atom stereocenters. The Morgan fingerprint density at radius 2 is 1.85 bits per heavy atom. The first-order valence-electron chi connectivity index (χ1n) is 13.4. The molecule has 1 aromatic heterocycles. The number of hydrogen-bond donors (Lipinski definition) is 1. The van der Waals surface area contributed by atoms with Gasteiger partial charge in [-0.3, -0.25) is 9.48 Å². The van der Waals surface area contributed by atoms with Crippen LogP contribution in [0.15, 0.2) is 60.7 Å². The quantitative estimate of drug-likeness (QED) is 0.285. The summed E-state index contributed by atoms with van der Waals surface area (Å²) in [6.07, 6.45) is 3.56. The Morgan fingerprint density at radius 1 is 1.08 bits per heavy atom. The van der Waals surface area contributed by atoms with Crippen molar-refractivity contribution in [2.75, 3.05) is 32.6 Å². The van der Waals surface area contributed by atoms with Crippen molar-refractivity contribution >= 4 is 22.5 Å². The zero-order valence-corrected chi connectivity index (χ0v) is 22.7. The first-order valence-corrected chi connectivity index (χ1v) is 13.4. The van der Waals surface area contributed by atoms with E-state index in [0.29, 0.717) is 22.7 Å². The molecule has 1 aliphatic heterocycles.